The Balaban J connectivity index is 1.51. The van der Waals surface area contributed by atoms with Crippen molar-refractivity contribution in [3.8, 4) is 0 Å². The molecule has 4 rings (SSSR count). The molecular weight excluding hydrogens is 338 g/mol. The zero-order valence-electron chi connectivity index (χ0n) is 14.5. The van der Waals surface area contributed by atoms with Gasteiger partial charge in [-0.1, -0.05) is 78.9 Å². The monoisotopic (exact) mass is 359 g/mol. The number of thioether (sulfide) groups is 1. The molecule has 3 aromatic carbocycles. The molecule has 26 heavy (non-hydrogen) atoms. The molecule has 0 aliphatic carbocycles. The van der Waals surface area contributed by atoms with Crippen LogP contribution in [0, 0.1) is 0 Å². The van der Waals surface area contributed by atoms with Crippen LogP contribution in [0.25, 0.3) is 0 Å². The minimum Gasteiger partial charge on any atom is -0.311 e. The predicted octanol–water partition coefficient (Wildman–Crippen LogP) is 5.10. The second kappa shape index (κ2) is 7.79. The summed E-state index contributed by atoms with van der Waals surface area (Å²) in [5.74, 6) is 0.666. The quantitative estimate of drug-likeness (QED) is 0.632. The van der Waals surface area contributed by atoms with E-state index in [0.717, 1.165) is 18.7 Å². The lowest BCUT2D eigenvalue weighted by molar-refractivity contribution is -0.116. The summed E-state index contributed by atoms with van der Waals surface area (Å²) in [6, 6.07) is 29.1. The maximum Gasteiger partial charge on any atom is 0.237 e. The molecular formula is C23H21NOS. The molecule has 0 N–H and O–H groups in total. The van der Waals surface area contributed by atoms with Gasteiger partial charge < -0.3 is 4.90 Å². The number of hydrogen-bond donors (Lipinski definition) is 0. The van der Waals surface area contributed by atoms with Crippen molar-refractivity contribution in [2.45, 2.75) is 11.7 Å². The Kier molecular flexibility index (Phi) is 5.07. The van der Waals surface area contributed by atoms with Gasteiger partial charge in [0.05, 0.1) is 11.0 Å². The highest BCUT2D eigenvalue weighted by Gasteiger charge is 2.25. The van der Waals surface area contributed by atoms with Crippen molar-refractivity contribution < 1.29 is 4.79 Å². The van der Waals surface area contributed by atoms with E-state index in [2.05, 4.69) is 60.7 Å². The van der Waals surface area contributed by atoms with Crippen LogP contribution in [0.4, 0.5) is 5.69 Å². The fraction of sp³-hybridized carbons (Fsp3) is 0.174. The zero-order valence-corrected chi connectivity index (χ0v) is 15.4. The van der Waals surface area contributed by atoms with Crippen molar-refractivity contribution in [1.82, 2.24) is 0 Å². The van der Waals surface area contributed by atoms with Crippen LogP contribution in [-0.2, 0) is 11.2 Å². The standard InChI is InChI=1S/C23H21NOS/c25-22(24-16-15-18-9-7-8-14-21(18)24)17-26-23(19-10-3-1-4-11-19)20-12-5-2-6-13-20/h1-14,23H,15-17H2. The first-order valence-electron chi connectivity index (χ1n) is 8.93. The molecule has 1 heterocycles. The second-order valence-corrected chi connectivity index (χ2v) is 7.53. The van der Waals surface area contributed by atoms with E-state index in [9.17, 15) is 4.79 Å². The molecule has 0 bridgehead atoms. The van der Waals surface area contributed by atoms with Gasteiger partial charge >= 0.3 is 0 Å². The van der Waals surface area contributed by atoms with E-state index in [4.69, 9.17) is 0 Å². The molecule has 2 nitrogen and oxygen atoms in total. The highest BCUT2D eigenvalue weighted by Crippen LogP contribution is 2.36. The molecule has 0 aromatic heterocycles. The number of anilines is 1. The molecule has 3 aromatic rings. The number of amides is 1. The number of benzene rings is 3. The number of carbonyl (C=O) groups is 1. The third kappa shape index (κ3) is 3.54. The largest absolute Gasteiger partial charge is 0.311 e. The number of hydrogen-bond acceptors (Lipinski definition) is 2. The van der Waals surface area contributed by atoms with Crippen LogP contribution >= 0.6 is 11.8 Å². The van der Waals surface area contributed by atoms with Crippen LogP contribution in [0.15, 0.2) is 84.9 Å². The number of para-hydroxylation sites is 1. The van der Waals surface area contributed by atoms with Gasteiger partial charge in [0.25, 0.3) is 0 Å². The highest BCUT2D eigenvalue weighted by atomic mass is 32.2. The van der Waals surface area contributed by atoms with E-state index in [0.29, 0.717) is 5.75 Å². The molecule has 130 valence electrons. The molecule has 0 atom stereocenters. The third-order valence-electron chi connectivity index (χ3n) is 4.77. The minimum atomic E-state index is 0.166. The molecule has 0 radical (unpaired) electrons. The van der Waals surface area contributed by atoms with Crippen LogP contribution in [-0.4, -0.2) is 18.2 Å². The normalized spacial score (nSPS) is 13.0. The summed E-state index contributed by atoms with van der Waals surface area (Å²) in [5.41, 5.74) is 4.82. The SMILES string of the molecule is O=C(CSC(c1ccccc1)c1ccccc1)N1CCc2ccccc21. The second-order valence-electron chi connectivity index (χ2n) is 6.44. The van der Waals surface area contributed by atoms with Crippen molar-refractivity contribution >= 4 is 23.4 Å². The lowest BCUT2D eigenvalue weighted by atomic mass is 10.0. The average Bonchev–Trinajstić information content (AvgIpc) is 3.14. The molecule has 0 spiro atoms. The number of rotatable bonds is 5. The van der Waals surface area contributed by atoms with Crippen molar-refractivity contribution in [1.29, 1.82) is 0 Å². The summed E-state index contributed by atoms with van der Waals surface area (Å²) in [6.45, 7) is 0.792. The van der Waals surface area contributed by atoms with Gasteiger partial charge in [-0.25, -0.2) is 0 Å². The van der Waals surface area contributed by atoms with Crippen LogP contribution in [0.5, 0.6) is 0 Å². The Morgan fingerprint density at radius 2 is 1.42 bits per heavy atom. The zero-order chi connectivity index (χ0) is 17.8. The summed E-state index contributed by atoms with van der Waals surface area (Å²) in [6.07, 6.45) is 0.952. The van der Waals surface area contributed by atoms with Gasteiger partial charge in [0, 0.05) is 12.2 Å². The Morgan fingerprint density at radius 3 is 2.08 bits per heavy atom. The molecule has 0 saturated carbocycles. The van der Waals surface area contributed by atoms with Crippen molar-refractivity contribution in [2.75, 3.05) is 17.2 Å². The summed E-state index contributed by atoms with van der Waals surface area (Å²) in [5, 5.41) is 0.166. The first-order valence-corrected chi connectivity index (χ1v) is 9.97. The fourth-order valence-corrected chi connectivity index (χ4v) is 4.63. The van der Waals surface area contributed by atoms with E-state index in [1.807, 2.05) is 29.2 Å². The molecule has 3 heteroatoms. The highest BCUT2D eigenvalue weighted by molar-refractivity contribution is 8.00. The lowest BCUT2D eigenvalue weighted by Gasteiger charge is -2.21. The van der Waals surface area contributed by atoms with E-state index in [1.54, 1.807) is 11.8 Å². The van der Waals surface area contributed by atoms with Crippen LogP contribution in [0.1, 0.15) is 21.9 Å². The van der Waals surface area contributed by atoms with Gasteiger partial charge in [-0.2, -0.15) is 0 Å². The Bertz CT molecular complexity index is 839. The van der Waals surface area contributed by atoms with Crippen molar-refractivity contribution in [3.05, 3.63) is 102 Å². The smallest absolute Gasteiger partial charge is 0.237 e. The van der Waals surface area contributed by atoms with E-state index < -0.39 is 0 Å². The van der Waals surface area contributed by atoms with Gasteiger partial charge in [-0.3, -0.25) is 4.79 Å². The topological polar surface area (TPSA) is 20.3 Å². The summed E-state index contributed by atoms with van der Waals surface area (Å²) >= 11 is 1.71. The number of fused-ring (bicyclic) bond motifs is 1. The third-order valence-corrected chi connectivity index (χ3v) is 6.06. The van der Waals surface area contributed by atoms with E-state index in [1.165, 1.54) is 16.7 Å². The maximum atomic E-state index is 12.9. The Labute approximate surface area is 158 Å². The number of carbonyl (C=O) groups excluding carboxylic acids is 1. The first kappa shape index (κ1) is 16.9. The molecule has 0 saturated heterocycles. The molecule has 0 fully saturated rings. The van der Waals surface area contributed by atoms with Crippen LogP contribution in [0.3, 0.4) is 0 Å². The fourth-order valence-electron chi connectivity index (χ4n) is 3.47. The minimum absolute atomic E-state index is 0.166. The van der Waals surface area contributed by atoms with E-state index in [-0.39, 0.29) is 11.2 Å². The molecule has 1 amide bonds. The molecule has 1 aliphatic rings. The van der Waals surface area contributed by atoms with Gasteiger partial charge in [0.1, 0.15) is 0 Å². The molecule has 0 unspecified atom stereocenters. The summed E-state index contributed by atoms with van der Waals surface area (Å²) < 4.78 is 0. The van der Waals surface area contributed by atoms with Gasteiger partial charge in [-0.15, -0.1) is 11.8 Å². The van der Waals surface area contributed by atoms with Gasteiger partial charge in [0.15, 0.2) is 0 Å². The maximum absolute atomic E-state index is 12.9. The summed E-state index contributed by atoms with van der Waals surface area (Å²) in [4.78, 5) is 14.8. The lowest BCUT2D eigenvalue weighted by Crippen LogP contribution is -2.30. The van der Waals surface area contributed by atoms with E-state index >= 15 is 0 Å². The predicted molar refractivity (Wildman–Crippen MR) is 110 cm³/mol. The van der Waals surface area contributed by atoms with Gasteiger partial charge in [0.2, 0.25) is 5.91 Å². The van der Waals surface area contributed by atoms with Crippen molar-refractivity contribution in [3.63, 3.8) is 0 Å². The van der Waals surface area contributed by atoms with Crippen LogP contribution < -0.4 is 4.90 Å². The Hall–Kier alpha value is -2.52. The van der Waals surface area contributed by atoms with Gasteiger partial charge in [-0.05, 0) is 29.2 Å². The van der Waals surface area contributed by atoms with Crippen molar-refractivity contribution in [2.24, 2.45) is 0 Å². The van der Waals surface area contributed by atoms with Crippen LogP contribution in [0.2, 0.25) is 0 Å². The number of nitrogens with zero attached hydrogens (tertiary/aromatic N) is 1. The Morgan fingerprint density at radius 1 is 0.846 bits per heavy atom. The average molecular weight is 359 g/mol. The molecule has 1 aliphatic heterocycles. The summed E-state index contributed by atoms with van der Waals surface area (Å²) in [7, 11) is 0. The first-order chi connectivity index (χ1) is 12.8.